The first-order valence-electron chi connectivity index (χ1n) is 9.92. The van der Waals surface area contributed by atoms with Gasteiger partial charge in [-0.3, -0.25) is 4.79 Å². The first-order chi connectivity index (χ1) is 14.2. The maximum absolute atomic E-state index is 12.4. The average Bonchev–Trinajstić information content (AvgIpc) is 3.45. The Morgan fingerprint density at radius 2 is 1.83 bits per heavy atom. The van der Waals surface area contributed by atoms with Crippen LogP contribution in [0.5, 0.6) is 5.75 Å². The van der Waals surface area contributed by atoms with Gasteiger partial charge >= 0.3 is 0 Å². The lowest BCUT2D eigenvalue weighted by Gasteiger charge is -2.15. The number of rotatable bonds is 7. The molecule has 0 atom stereocenters. The molecule has 29 heavy (non-hydrogen) atoms. The number of hydrogen-bond acceptors (Lipinski definition) is 6. The maximum Gasteiger partial charge on any atom is 0.253 e. The third-order valence-corrected chi connectivity index (χ3v) is 4.86. The Balaban J connectivity index is 1.34. The molecule has 0 spiro atoms. The second kappa shape index (κ2) is 8.77. The van der Waals surface area contributed by atoms with E-state index in [1.807, 2.05) is 60.4 Å². The van der Waals surface area contributed by atoms with Crippen molar-refractivity contribution in [1.82, 2.24) is 15.0 Å². The average molecular weight is 392 g/mol. The van der Waals surface area contributed by atoms with Crippen LogP contribution < -0.4 is 10.1 Å². The predicted octanol–water partition coefficient (Wildman–Crippen LogP) is 3.98. The number of hydrogen-bond donors (Lipinski definition) is 1. The minimum Gasteiger partial charge on any atom is -0.494 e. The second-order valence-corrected chi connectivity index (χ2v) is 6.90. The van der Waals surface area contributed by atoms with E-state index in [4.69, 9.17) is 9.26 Å². The summed E-state index contributed by atoms with van der Waals surface area (Å²) in [5.41, 5.74) is 2.48. The fourth-order valence-electron chi connectivity index (χ4n) is 3.32. The zero-order valence-corrected chi connectivity index (χ0v) is 16.4. The van der Waals surface area contributed by atoms with E-state index in [-0.39, 0.29) is 5.91 Å². The highest BCUT2D eigenvalue weighted by molar-refractivity contribution is 5.94. The molecular weight excluding hydrogens is 368 g/mol. The normalized spacial score (nSPS) is 13.5. The molecule has 4 rings (SSSR count). The lowest BCUT2D eigenvalue weighted by Crippen LogP contribution is -2.27. The summed E-state index contributed by atoms with van der Waals surface area (Å²) in [6, 6.07) is 15.1. The quantitative estimate of drug-likeness (QED) is 0.655. The van der Waals surface area contributed by atoms with Gasteiger partial charge in [0.2, 0.25) is 11.7 Å². The Labute approximate surface area is 169 Å². The van der Waals surface area contributed by atoms with E-state index in [1.165, 1.54) is 0 Å². The van der Waals surface area contributed by atoms with Crippen LogP contribution in [0.2, 0.25) is 0 Å². The first kappa shape index (κ1) is 19.0. The number of carbonyl (C=O) groups excluding carboxylic acids is 1. The van der Waals surface area contributed by atoms with Gasteiger partial charge in [0.05, 0.1) is 13.2 Å². The number of benzene rings is 2. The fraction of sp³-hybridized carbons (Fsp3) is 0.318. The lowest BCUT2D eigenvalue weighted by molar-refractivity contribution is 0.0793. The summed E-state index contributed by atoms with van der Waals surface area (Å²) < 4.78 is 10.8. The molecule has 7 nitrogen and oxygen atoms in total. The van der Waals surface area contributed by atoms with Crippen molar-refractivity contribution in [2.75, 3.05) is 25.0 Å². The van der Waals surface area contributed by atoms with Crippen LogP contribution in [0.15, 0.2) is 53.1 Å². The lowest BCUT2D eigenvalue weighted by atomic mass is 10.2. The van der Waals surface area contributed by atoms with E-state index in [0.717, 1.165) is 42.9 Å². The maximum atomic E-state index is 12.4. The Morgan fingerprint density at radius 3 is 2.52 bits per heavy atom. The van der Waals surface area contributed by atoms with Crippen LogP contribution in [0, 0.1) is 0 Å². The molecule has 1 aliphatic heterocycles. The van der Waals surface area contributed by atoms with Crippen molar-refractivity contribution < 1.29 is 14.1 Å². The van der Waals surface area contributed by atoms with Gasteiger partial charge in [0.15, 0.2) is 0 Å². The van der Waals surface area contributed by atoms with Crippen molar-refractivity contribution in [3.8, 4) is 17.1 Å². The summed E-state index contributed by atoms with van der Waals surface area (Å²) >= 11 is 0. The molecule has 0 unspecified atom stereocenters. The molecule has 3 aromatic rings. The van der Waals surface area contributed by atoms with Crippen LogP contribution in [-0.4, -0.2) is 40.6 Å². The van der Waals surface area contributed by atoms with Crippen LogP contribution in [-0.2, 0) is 6.54 Å². The van der Waals surface area contributed by atoms with Crippen LogP contribution in [0.4, 0.5) is 5.69 Å². The molecule has 0 saturated carbocycles. The second-order valence-electron chi connectivity index (χ2n) is 6.90. The smallest absolute Gasteiger partial charge is 0.253 e. The number of nitrogens with zero attached hydrogens (tertiary/aromatic N) is 3. The highest BCUT2D eigenvalue weighted by Crippen LogP contribution is 2.21. The molecule has 150 valence electrons. The fourth-order valence-corrected chi connectivity index (χ4v) is 3.32. The van der Waals surface area contributed by atoms with Gasteiger partial charge in [-0.1, -0.05) is 5.16 Å². The number of likely N-dealkylation sites (tertiary alicyclic amines) is 1. The molecule has 1 aromatic heterocycles. The molecule has 1 fully saturated rings. The van der Waals surface area contributed by atoms with Gasteiger partial charge in [0.25, 0.3) is 5.91 Å². The minimum atomic E-state index is 0.103. The summed E-state index contributed by atoms with van der Waals surface area (Å²) in [5.74, 6) is 1.95. The molecule has 2 aromatic carbocycles. The Bertz CT molecular complexity index is 945. The van der Waals surface area contributed by atoms with Gasteiger partial charge in [-0.2, -0.15) is 4.98 Å². The van der Waals surface area contributed by atoms with Gasteiger partial charge in [0, 0.05) is 29.9 Å². The van der Waals surface area contributed by atoms with E-state index in [9.17, 15) is 4.79 Å². The monoisotopic (exact) mass is 392 g/mol. The SMILES string of the molecule is CCOc1ccc(-c2noc(CNc3ccc(C(=O)N4CCCC4)cc3)n2)cc1. The highest BCUT2D eigenvalue weighted by Gasteiger charge is 2.19. The molecule has 1 N–H and O–H groups in total. The van der Waals surface area contributed by atoms with E-state index in [0.29, 0.717) is 30.4 Å². The largest absolute Gasteiger partial charge is 0.494 e. The van der Waals surface area contributed by atoms with Crippen molar-refractivity contribution in [3.05, 3.63) is 60.0 Å². The molecule has 0 bridgehead atoms. The van der Waals surface area contributed by atoms with E-state index in [1.54, 1.807) is 0 Å². The topological polar surface area (TPSA) is 80.5 Å². The van der Waals surface area contributed by atoms with Crippen LogP contribution in [0.25, 0.3) is 11.4 Å². The number of carbonyl (C=O) groups is 1. The number of nitrogens with one attached hydrogen (secondary N) is 1. The van der Waals surface area contributed by atoms with Crippen molar-refractivity contribution >= 4 is 11.6 Å². The molecular formula is C22H24N4O3. The third kappa shape index (κ3) is 4.56. The first-order valence-corrected chi connectivity index (χ1v) is 9.92. The van der Waals surface area contributed by atoms with E-state index >= 15 is 0 Å². The van der Waals surface area contributed by atoms with Gasteiger partial charge in [-0.05, 0) is 68.3 Å². The zero-order valence-electron chi connectivity index (χ0n) is 16.4. The van der Waals surface area contributed by atoms with Gasteiger partial charge in [-0.15, -0.1) is 0 Å². The number of ether oxygens (including phenoxy) is 1. The highest BCUT2D eigenvalue weighted by atomic mass is 16.5. The van der Waals surface area contributed by atoms with Crippen molar-refractivity contribution in [2.45, 2.75) is 26.3 Å². The molecule has 7 heteroatoms. The molecule has 1 aliphatic rings. The van der Waals surface area contributed by atoms with Crippen molar-refractivity contribution in [1.29, 1.82) is 0 Å². The molecule has 2 heterocycles. The third-order valence-electron chi connectivity index (χ3n) is 4.86. The van der Waals surface area contributed by atoms with Crippen molar-refractivity contribution in [3.63, 3.8) is 0 Å². The standard InChI is InChI=1S/C22H24N4O3/c1-2-28-19-11-7-16(8-12-19)21-24-20(29-25-21)15-23-18-9-5-17(6-10-18)22(27)26-13-3-4-14-26/h5-12,23H,2-4,13-15H2,1H3. The van der Waals surface area contributed by atoms with Crippen LogP contribution in [0.1, 0.15) is 36.0 Å². The van der Waals surface area contributed by atoms with E-state index < -0.39 is 0 Å². The predicted molar refractivity (Wildman–Crippen MR) is 110 cm³/mol. The molecule has 1 saturated heterocycles. The van der Waals surface area contributed by atoms with Gasteiger partial charge < -0.3 is 19.5 Å². The van der Waals surface area contributed by atoms with Crippen LogP contribution >= 0.6 is 0 Å². The van der Waals surface area contributed by atoms with Gasteiger partial charge in [-0.25, -0.2) is 0 Å². The summed E-state index contributed by atoms with van der Waals surface area (Å²) in [5, 5.41) is 7.28. The zero-order chi connectivity index (χ0) is 20.1. The summed E-state index contributed by atoms with van der Waals surface area (Å²) in [4.78, 5) is 18.7. The summed E-state index contributed by atoms with van der Waals surface area (Å²) in [7, 11) is 0. The molecule has 0 aliphatic carbocycles. The summed E-state index contributed by atoms with van der Waals surface area (Å²) in [6.07, 6.45) is 2.18. The Morgan fingerprint density at radius 1 is 1.10 bits per heavy atom. The number of aromatic nitrogens is 2. The van der Waals surface area contributed by atoms with Gasteiger partial charge in [0.1, 0.15) is 5.75 Å². The van der Waals surface area contributed by atoms with Crippen molar-refractivity contribution in [2.24, 2.45) is 0 Å². The van der Waals surface area contributed by atoms with Crippen LogP contribution in [0.3, 0.4) is 0 Å². The number of anilines is 1. The Kier molecular flexibility index (Phi) is 5.74. The number of amides is 1. The molecule has 0 radical (unpaired) electrons. The molecule has 1 amide bonds. The Hall–Kier alpha value is -3.35. The van der Waals surface area contributed by atoms with E-state index in [2.05, 4.69) is 15.5 Å². The minimum absolute atomic E-state index is 0.103. The summed E-state index contributed by atoms with van der Waals surface area (Å²) in [6.45, 7) is 4.69.